The van der Waals surface area contributed by atoms with E-state index in [1.165, 1.54) is 5.69 Å². The van der Waals surface area contributed by atoms with Gasteiger partial charge in [-0.2, -0.15) is 0 Å². The minimum atomic E-state index is 0.742. The molecule has 0 aromatic heterocycles. The van der Waals surface area contributed by atoms with Gasteiger partial charge in [-0.05, 0) is 19.5 Å². The highest BCUT2D eigenvalue weighted by atomic mass is 16.5. The molecule has 18 heavy (non-hydrogen) atoms. The predicted molar refractivity (Wildman–Crippen MR) is 76.4 cm³/mol. The average Bonchev–Trinajstić information content (AvgIpc) is 2.36. The van der Waals surface area contributed by atoms with Gasteiger partial charge >= 0.3 is 0 Å². The van der Waals surface area contributed by atoms with Crippen molar-refractivity contribution in [1.82, 2.24) is 4.90 Å². The van der Waals surface area contributed by atoms with Crippen LogP contribution in [0.15, 0.2) is 18.2 Å². The molecule has 1 fully saturated rings. The number of ether oxygens (including phenoxy) is 1. The zero-order chi connectivity index (χ0) is 13.0. The number of nitrogens with zero attached hydrogens (tertiary/aromatic N) is 2. The first-order valence-corrected chi connectivity index (χ1v) is 6.66. The molecule has 0 bridgehead atoms. The van der Waals surface area contributed by atoms with Crippen LogP contribution in [0, 0.1) is 0 Å². The standard InChI is InChI=1S/C14H23N3O/c1-3-8-18-14-10-12(15)9-13(11-14)17-6-4-16(2)5-7-17/h9-11H,3-8,15H2,1-2H3. The molecule has 1 aromatic rings. The number of nitrogen functional groups attached to an aromatic ring is 1. The smallest absolute Gasteiger partial charge is 0.123 e. The summed E-state index contributed by atoms with van der Waals surface area (Å²) < 4.78 is 5.67. The molecule has 0 aliphatic carbocycles. The molecule has 0 radical (unpaired) electrons. The monoisotopic (exact) mass is 249 g/mol. The van der Waals surface area contributed by atoms with Crippen molar-refractivity contribution in [3.8, 4) is 5.75 Å². The van der Waals surface area contributed by atoms with Gasteiger partial charge in [0, 0.05) is 49.7 Å². The average molecular weight is 249 g/mol. The van der Waals surface area contributed by atoms with Crippen molar-refractivity contribution in [1.29, 1.82) is 0 Å². The van der Waals surface area contributed by atoms with Crippen LogP contribution in [0.4, 0.5) is 11.4 Å². The molecule has 1 aromatic carbocycles. The number of anilines is 2. The lowest BCUT2D eigenvalue weighted by molar-refractivity contribution is 0.310. The van der Waals surface area contributed by atoms with Crippen molar-refractivity contribution >= 4 is 11.4 Å². The Kier molecular flexibility index (Phi) is 4.31. The Morgan fingerprint density at radius 2 is 1.89 bits per heavy atom. The maximum absolute atomic E-state index is 5.95. The fourth-order valence-electron chi connectivity index (χ4n) is 2.16. The molecular formula is C14H23N3O. The SMILES string of the molecule is CCCOc1cc(N)cc(N2CCN(C)CC2)c1. The molecule has 2 rings (SSSR count). The van der Waals surface area contributed by atoms with Gasteiger partial charge in [-0.3, -0.25) is 0 Å². The largest absolute Gasteiger partial charge is 0.493 e. The number of piperazine rings is 1. The summed E-state index contributed by atoms with van der Waals surface area (Å²) in [7, 11) is 2.16. The highest BCUT2D eigenvalue weighted by Crippen LogP contribution is 2.26. The highest BCUT2D eigenvalue weighted by molar-refractivity contribution is 5.60. The Morgan fingerprint density at radius 3 is 2.56 bits per heavy atom. The van der Waals surface area contributed by atoms with E-state index in [-0.39, 0.29) is 0 Å². The lowest BCUT2D eigenvalue weighted by Gasteiger charge is -2.34. The van der Waals surface area contributed by atoms with Gasteiger partial charge in [0.1, 0.15) is 5.75 Å². The molecular weight excluding hydrogens is 226 g/mol. The zero-order valence-corrected chi connectivity index (χ0v) is 11.4. The van der Waals surface area contributed by atoms with E-state index in [1.54, 1.807) is 0 Å². The van der Waals surface area contributed by atoms with Crippen molar-refractivity contribution in [2.24, 2.45) is 0 Å². The van der Waals surface area contributed by atoms with E-state index < -0.39 is 0 Å². The molecule has 0 spiro atoms. The Hall–Kier alpha value is -1.42. The van der Waals surface area contributed by atoms with Gasteiger partial charge in [-0.25, -0.2) is 0 Å². The van der Waals surface area contributed by atoms with Crippen molar-refractivity contribution in [2.45, 2.75) is 13.3 Å². The van der Waals surface area contributed by atoms with Crippen molar-refractivity contribution < 1.29 is 4.74 Å². The van der Waals surface area contributed by atoms with Crippen LogP contribution in [-0.2, 0) is 0 Å². The van der Waals surface area contributed by atoms with E-state index in [4.69, 9.17) is 10.5 Å². The second kappa shape index (κ2) is 5.96. The fraction of sp³-hybridized carbons (Fsp3) is 0.571. The van der Waals surface area contributed by atoms with Gasteiger partial charge in [0.05, 0.1) is 6.61 Å². The number of likely N-dealkylation sites (N-methyl/N-ethyl adjacent to an activating group) is 1. The second-order valence-electron chi connectivity index (χ2n) is 4.90. The summed E-state index contributed by atoms with van der Waals surface area (Å²) in [4.78, 5) is 4.71. The van der Waals surface area contributed by atoms with Crippen LogP contribution in [0.25, 0.3) is 0 Å². The first kappa shape index (κ1) is 13.0. The first-order chi connectivity index (χ1) is 8.69. The van der Waals surface area contributed by atoms with Crippen LogP contribution in [-0.4, -0.2) is 44.7 Å². The van der Waals surface area contributed by atoms with Gasteiger partial charge < -0.3 is 20.3 Å². The molecule has 1 aliphatic rings. The molecule has 4 nitrogen and oxygen atoms in total. The minimum Gasteiger partial charge on any atom is -0.493 e. The van der Waals surface area contributed by atoms with Crippen molar-refractivity contribution in [2.75, 3.05) is 50.5 Å². The van der Waals surface area contributed by atoms with Crippen LogP contribution in [0.1, 0.15) is 13.3 Å². The van der Waals surface area contributed by atoms with Crippen LogP contribution in [0.5, 0.6) is 5.75 Å². The summed E-state index contributed by atoms with van der Waals surface area (Å²) >= 11 is 0. The third-order valence-electron chi connectivity index (χ3n) is 3.25. The Morgan fingerprint density at radius 1 is 1.17 bits per heavy atom. The van der Waals surface area contributed by atoms with E-state index in [2.05, 4.69) is 29.8 Å². The molecule has 0 unspecified atom stereocenters. The van der Waals surface area contributed by atoms with E-state index >= 15 is 0 Å². The zero-order valence-electron chi connectivity index (χ0n) is 11.4. The van der Waals surface area contributed by atoms with Crippen molar-refractivity contribution in [3.05, 3.63) is 18.2 Å². The van der Waals surface area contributed by atoms with Crippen LogP contribution >= 0.6 is 0 Å². The second-order valence-corrected chi connectivity index (χ2v) is 4.90. The summed E-state index contributed by atoms with van der Waals surface area (Å²) in [5.74, 6) is 0.880. The van der Waals surface area contributed by atoms with E-state index in [0.29, 0.717) is 0 Å². The summed E-state index contributed by atoms with van der Waals surface area (Å²) in [6.07, 6.45) is 1.01. The third kappa shape index (κ3) is 3.29. The van der Waals surface area contributed by atoms with Gasteiger partial charge in [0.2, 0.25) is 0 Å². The maximum Gasteiger partial charge on any atom is 0.123 e. The van der Waals surface area contributed by atoms with Crippen LogP contribution in [0.3, 0.4) is 0 Å². The minimum absolute atomic E-state index is 0.742. The van der Waals surface area contributed by atoms with Gasteiger partial charge in [-0.1, -0.05) is 6.92 Å². The highest BCUT2D eigenvalue weighted by Gasteiger charge is 2.15. The van der Waals surface area contributed by atoms with Crippen molar-refractivity contribution in [3.63, 3.8) is 0 Å². The number of hydrogen-bond donors (Lipinski definition) is 1. The molecule has 1 heterocycles. The number of hydrogen-bond acceptors (Lipinski definition) is 4. The molecule has 0 atom stereocenters. The van der Waals surface area contributed by atoms with Gasteiger partial charge in [0.15, 0.2) is 0 Å². The summed E-state index contributed by atoms with van der Waals surface area (Å²) in [5.41, 5.74) is 7.90. The number of benzene rings is 1. The first-order valence-electron chi connectivity index (χ1n) is 6.66. The lowest BCUT2D eigenvalue weighted by atomic mass is 10.2. The molecule has 1 saturated heterocycles. The van der Waals surface area contributed by atoms with Gasteiger partial charge in [0.25, 0.3) is 0 Å². The third-order valence-corrected chi connectivity index (χ3v) is 3.25. The van der Waals surface area contributed by atoms with Crippen LogP contribution in [0.2, 0.25) is 0 Å². The Bertz CT molecular complexity index is 387. The molecule has 0 amide bonds. The molecule has 0 saturated carbocycles. The summed E-state index contributed by atoms with van der Waals surface area (Å²) in [6.45, 7) is 7.14. The van der Waals surface area contributed by atoms with E-state index in [0.717, 1.165) is 50.6 Å². The molecule has 2 N–H and O–H groups in total. The van der Waals surface area contributed by atoms with Gasteiger partial charge in [-0.15, -0.1) is 0 Å². The fourth-order valence-corrected chi connectivity index (χ4v) is 2.16. The summed E-state index contributed by atoms with van der Waals surface area (Å²) in [6, 6.07) is 6.02. The maximum atomic E-state index is 5.95. The lowest BCUT2D eigenvalue weighted by Crippen LogP contribution is -2.44. The Labute approximate surface area is 109 Å². The van der Waals surface area contributed by atoms with E-state index in [1.807, 2.05) is 12.1 Å². The predicted octanol–water partition coefficient (Wildman–Crippen LogP) is 1.81. The van der Waals surface area contributed by atoms with E-state index in [9.17, 15) is 0 Å². The molecule has 100 valence electrons. The topological polar surface area (TPSA) is 41.7 Å². The Balaban J connectivity index is 2.09. The quantitative estimate of drug-likeness (QED) is 0.826. The summed E-state index contributed by atoms with van der Waals surface area (Å²) in [5, 5.41) is 0. The molecule has 1 aliphatic heterocycles. The normalized spacial score (nSPS) is 16.9. The number of nitrogens with two attached hydrogens (primary N) is 1. The molecule has 4 heteroatoms. The number of rotatable bonds is 4. The van der Waals surface area contributed by atoms with Crippen LogP contribution < -0.4 is 15.4 Å².